The summed E-state index contributed by atoms with van der Waals surface area (Å²) < 4.78 is 10.5. The van der Waals surface area contributed by atoms with E-state index in [2.05, 4.69) is 10.3 Å². The Kier molecular flexibility index (Phi) is 5.48. The number of nitrogens with one attached hydrogen (secondary N) is 2. The molecule has 1 fully saturated rings. The van der Waals surface area contributed by atoms with Gasteiger partial charge in [0.1, 0.15) is 11.4 Å². The maximum Gasteiger partial charge on any atom is 0.272 e. The van der Waals surface area contributed by atoms with Crippen LogP contribution in [0.1, 0.15) is 16.1 Å². The van der Waals surface area contributed by atoms with Crippen molar-refractivity contribution in [2.75, 3.05) is 38.7 Å². The smallest absolute Gasteiger partial charge is 0.272 e. The number of anilines is 1. The van der Waals surface area contributed by atoms with Gasteiger partial charge in [-0.15, -0.1) is 0 Å². The number of benzene rings is 2. The van der Waals surface area contributed by atoms with Crippen LogP contribution in [0.15, 0.2) is 48.5 Å². The van der Waals surface area contributed by atoms with Gasteiger partial charge in [0.25, 0.3) is 5.91 Å². The van der Waals surface area contributed by atoms with E-state index in [4.69, 9.17) is 9.47 Å². The van der Waals surface area contributed by atoms with E-state index in [0.29, 0.717) is 44.1 Å². The lowest BCUT2D eigenvalue weighted by Crippen LogP contribution is -2.41. The molecular formula is C22H23N3O4. The largest absolute Gasteiger partial charge is 0.497 e. The van der Waals surface area contributed by atoms with Gasteiger partial charge in [-0.1, -0.05) is 12.1 Å². The minimum Gasteiger partial charge on any atom is -0.497 e. The second-order valence-corrected chi connectivity index (χ2v) is 6.96. The summed E-state index contributed by atoms with van der Waals surface area (Å²) in [6.45, 7) is 2.47. The molecule has 0 spiro atoms. The molecule has 150 valence electrons. The Hall–Kier alpha value is -3.32. The number of carbonyl (C=O) groups excluding carboxylic acids is 2. The lowest BCUT2D eigenvalue weighted by Gasteiger charge is -2.26. The van der Waals surface area contributed by atoms with Crippen molar-refractivity contribution in [2.24, 2.45) is 0 Å². The summed E-state index contributed by atoms with van der Waals surface area (Å²) in [6, 6.07) is 14.8. The molecule has 7 heteroatoms. The predicted octanol–water partition coefficient (Wildman–Crippen LogP) is 2.83. The van der Waals surface area contributed by atoms with Crippen molar-refractivity contribution >= 4 is 28.4 Å². The van der Waals surface area contributed by atoms with Crippen molar-refractivity contribution in [3.05, 3.63) is 59.8 Å². The van der Waals surface area contributed by atoms with Crippen molar-refractivity contribution in [3.8, 4) is 5.75 Å². The molecular weight excluding hydrogens is 370 g/mol. The quantitative estimate of drug-likeness (QED) is 0.698. The number of aromatic nitrogens is 1. The first-order chi connectivity index (χ1) is 14.1. The van der Waals surface area contributed by atoms with Crippen LogP contribution in [-0.4, -0.2) is 55.1 Å². The van der Waals surface area contributed by atoms with Gasteiger partial charge in [-0.05, 0) is 35.9 Å². The third-order valence-corrected chi connectivity index (χ3v) is 5.01. The highest BCUT2D eigenvalue weighted by Crippen LogP contribution is 2.22. The number of H-pyrrole nitrogens is 1. The Morgan fingerprint density at radius 3 is 2.59 bits per heavy atom. The molecule has 0 saturated carbocycles. The van der Waals surface area contributed by atoms with E-state index in [-0.39, 0.29) is 11.8 Å². The summed E-state index contributed by atoms with van der Waals surface area (Å²) in [5.74, 6) is 0.601. The number of hydrogen-bond donors (Lipinski definition) is 2. The molecule has 1 aliphatic rings. The zero-order valence-corrected chi connectivity index (χ0v) is 16.2. The average molecular weight is 393 g/mol. The van der Waals surface area contributed by atoms with Gasteiger partial charge >= 0.3 is 0 Å². The van der Waals surface area contributed by atoms with Crippen LogP contribution in [0.5, 0.6) is 5.75 Å². The Labute approximate surface area is 168 Å². The third-order valence-electron chi connectivity index (χ3n) is 5.01. The summed E-state index contributed by atoms with van der Waals surface area (Å²) in [5, 5.41) is 3.82. The Bertz CT molecular complexity index is 1020. The van der Waals surface area contributed by atoms with E-state index >= 15 is 0 Å². The van der Waals surface area contributed by atoms with E-state index in [1.807, 2.05) is 47.4 Å². The molecule has 2 heterocycles. The minimum absolute atomic E-state index is 0.0959. The number of rotatable bonds is 5. The number of morpholine rings is 1. The topological polar surface area (TPSA) is 83.7 Å². The van der Waals surface area contributed by atoms with Crippen molar-refractivity contribution in [2.45, 2.75) is 6.42 Å². The van der Waals surface area contributed by atoms with Crippen LogP contribution in [0.4, 0.5) is 5.69 Å². The number of fused-ring (bicyclic) bond motifs is 1. The molecule has 1 aromatic heterocycles. The number of amides is 2. The molecule has 0 radical (unpaired) electrons. The van der Waals surface area contributed by atoms with Gasteiger partial charge < -0.3 is 24.7 Å². The van der Waals surface area contributed by atoms with Gasteiger partial charge in [0.2, 0.25) is 5.91 Å². The average Bonchev–Trinajstić information content (AvgIpc) is 3.19. The number of carbonyl (C=O) groups is 2. The second-order valence-electron chi connectivity index (χ2n) is 6.96. The molecule has 4 rings (SSSR count). The van der Waals surface area contributed by atoms with Gasteiger partial charge in [0, 0.05) is 35.7 Å². The molecule has 0 aliphatic carbocycles. The summed E-state index contributed by atoms with van der Waals surface area (Å²) in [6.07, 6.45) is 0.345. The zero-order chi connectivity index (χ0) is 20.2. The molecule has 1 saturated heterocycles. The molecule has 0 bridgehead atoms. The fraction of sp³-hybridized carbons (Fsp3) is 0.273. The summed E-state index contributed by atoms with van der Waals surface area (Å²) >= 11 is 0. The summed E-state index contributed by atoms with van der Waals surface area (Å²) in [7, 11) is 1.61. The summed E-state index contributed by atoms with van der Waals surface area (Å²) in [4.78, 5) is 29.8. The lowest BCUT2D eigenvalue weighted by molar-refractivity contribution is -0.134. The molecule has 0 unspecified atom stereocenters. The van der Waals surface area contributed by atoms with Gasteiger partial charge in [0.15, 0.2) is 0 Å². The fourth-order valence-corrected chi connectivity index (χ4v) is 3.36. The Morgan fingerprint density at radius 2 is 1.86 bits per heavy atom. The molecule has 7 nitrogen and oxygen atoms in total. The molecule has 3 aromatic rings. The minimum atomic E-state index is -0.225. The fourth-order valence-electron chi connectivity index (χ4n) is 3.36. The number of hydrogen-bond acceptors (Lipinski definition) is 4. The summed E-state index contributed by atoms with van der Waals surface area (Å²) in [5.41, 5.74) is 2.90. The van der Waals surface area contributed by atoms with Crippen molar-refractivity contribution in [3.63, 3.8) is 0 Å². The van der Waals surface area contributed by atoms with Gasteiger partial charge in [-0.25, -0.2) is 0 Å². The monoisotopic (exact) mass is 393 g/mol. The highest BCUT2D eigenvalue weighted by atomic mass is 16.5. The lowest BCUT2D eigenvalue weighted by atomic mass is 10.1. The Balaban J connectivity index is 1.39. The van der Waals surface area contributed by atoms with Crippen LogP contribution in [0.2, 0.25) is 0 Å². The van der Waals surface area contributed by atoms with Crippen LogP contribution in [0, 0.1) is 0 Å². The van der Waals surface area contributed by atoms with Crippen molar-refractivity contribution < 1.29 is 19.1 Å². The highest BCUT2D eigenvalue weighted by molar-refractivity contribution is 6.06. The Morgan fingerprint density at radius 1 is 1.10 bits per heavy atom. The van der Waals surface area contributed by atoms with Crippen LogP contribution < -0.4 is 10.1 Å². The first-order valence-electron chi connectivity index (χ1n) is 9.55. The normalized spacial score (nSPS) is 14.0. The molecule has 2 amide bonds. The number of nitrogens with zero attached hydrogens (tertiary/aromatic N) is 1. The van der Waals surface area contributed by atoms with E-state index in [1.54, 1.807) is 13.2 Å². The first kappa shape index (κ1) is 19.0. The van der Waals surface area contributed by atoms with Gasteiger partial charge in [-0.3, -0.25) is 9.59 Å². The van der Waals surface area contributed by atoms with E-state index in [9.17, 15) is 9.59 Å². The van der Waals surface area contributed by atoms with Crippen LogP contribution in [-0.2, 0) is 16.0 Å². The molecule has 2 aromatic carbocycles. The van der Waals surface area contributed by atoms with Gasteiger partial charge in [0.05, 0.1) is 26.7 Å². The van der Waals surface area contributed by atoms with Crippen LogP contribution in [0.3, 0.4) is 0 Å². The van der Waals surface area contributed by atoms with Crippen LogP contribution in [0.25, 0.3) is 10.9 Å². The van der Waals surface area contributed by atoms with Gasteiger partial charge in [-0.2, -0.15) is 0 Å². The maximum absolute atomic E-state index is 12.6. The first-order valence-corrected chi connectivity index (χ1v) is 9.55. The molecule has 0 atom stereocenters. The van der Waals surface area contributed by atoms with Crippen molar-refractivity contribution in [1.29, 1.82) is 0 Å². The molecule has 1 aliphatic heterocycles. The third kappa shape index (κ3) is 4.41. The van der Waals surface area contributed by atoms with E-state index < -0.39 is 0 Å². The molecule has 2 N–H and O–H groups in total. The van der Waals surface area contributed by atoms with Crippen molar-refractivity contribution in [1.82, 2.24) is 9.88 Å². The highest BCUT2D eigenvalue weighted by Gasteiger charge is 2.17. The predicted molar refractivity (Wildman–Crippen MR) is 110 cm³/mol. The number of ether oxygens (including phenoxy) is 2. The number of aromatic amines is 1. The van der Waals surface area contributed by atoms with E-state index in [1.165, 1.54) is 0 Å². The van der Waals surface area contributed by atoms with Crippen LogP contribution >= 0.6 is 0 Å². The zero-order valence-electron chi connectivity index (χ0n) is 16.2. The SMILES string of the molecule is COc1ccc2cc(C(=O)Nc3ccc(CC(=O)N4CCOCC4)cc3)[nH]c2c1. The maximum atomic E-state index is 12.6. The van der Waals surface area contributed by atoms with E-state index in [0.717, 1.165) is 22.2 Å². The molecule has 29 heavy (non-hydrogen) atoms. The second kappa shape index (κ2) is 8.36. The standard InChI is InChI=1S/C22H23N3O4/c1-28-18-7-4-16-13-20(24-19(16)14-18)22(27)23-17-5-2-15(3-6-17)12-21(26)25-8-10-29-11-9-25/h2-7,13-14,24H,8-12H2,1H3,(H,23,27). The number of methoxy groups -OCH3 is 1.